The van der Waals surface area contributed by atoms with Gasteiger partial charge in [0.2, 0.25) is 0 Å². The standard InChI is InChI=1S/C21H25ClN2O3/c1-16(27-20-8-6-19(22)7-9-20)21(25)23-14-17-2-4-18(5-3-17)15-24-10-12-26-13-11-24/h2-9,16H,10-15H2,1H3,(H,23,25)/t16-/m1/s1. The molecule has 3 rings (SSSR count). The van der Waals surface area contributed by atoms with Crippen LogP contribution in [-0.4, -0.2) is 43.2 Å². The highest BCUT2D eigenvalue weighted by molar-refractivity contribution is 6.30. The summed E-state index contributed by atoms with van der Waals surface area (Å²) in [5.74, 6) is 0.469. The summed E-state index contributed by atoms with van der Waals surface area (Å²) in [6.45, 7) is 6.70. The van der Waals surface area contributed by atoms with Crippen molar-refractivity contribution >= 4 is 17.5 Å². The highest BCUT2D eigenvalue weighted by Gasteiger charge is 2.14. The fraction of sp³-hybridized carbons (Fsp3) is 0.381. The van der Waals surface area contributed by atoms with Crippen molar-refractivity contribution in [3.8, 4) is 5.75 Å². The fourth-order valence-corrected chi connectivity index (χ4v) is 3.01. The third-order valence-corrected chi connectivity index (χ3v) is 4.75. The molecule has 1 heterocycles. The van der Waals surface area contributed by atoms with Gasteiger partial charge in [-0.05, 0) is 42.3 Å². The van der Waals surface area contributed by atoms with Crippen molar-refractivity contribution in [1.29, 1.82) is 0 Å². The second kappa shape index (κ2) is 9.74. The van der Waals surface area contributed by atoms with Gasteiger partial charge in [0.1, 0.15) is 5.75 Å². The van der Waals surface area contributed by atoms with Gasteiger partial charge in [-0.15, -0.1) is 0 Å². The van der Waals surface area contributed by atoms with Gasteiger partial charge in [0.15, 0.2) is 6.10 Å². The van der Waals surface area contributed by atoms with Crippen LogP contribution >= 0.6 is 11.6 Å². The Kier molecular flexibility index (Phi) is 7.10. The molecule has 0 saturated carbocycles. The van der Waals surface area contributed by atoms with Crippen molar-refractivity contribution in [3.05, 3.63) is 64.7 Å². The molecular formula is C21H25ClN2O3. The number of hydrogen-bond donors (Lipinski definition) is 1. The van der Waals surface area contributed by atoms with Crippen LogP contribution in [0.15, 0.2) is 48.5 Å². The zero-order valence-electron chi connectivity index (χ0n) is 15.5. The quantitative estimate of drug-likeness (QED) is 0.791. The molecule has 27 heavy (non-hydrogen) atoms. The molecule has 1 saturated heterocycles. The predicted molar refractivity (Wildman–Crippen MR) is 106 cm³/mol. The molecule has 1 N–H and O–H groups in total. The summed E-state index contributed by atoms with van der Waals surface area (Å²) < 4.78 is 11.0. The van der Waals surface area contributed by atoms with Gasteiger partial charge in [0.25, 0.3) is 5.91 Å². The van der Waals surface area contributed by atoms with E-state index in [1.165, 1.54) is 5.56 Å². The van der Waals surface area contributed by atoms with Crippen LogP contribution in [-0.2, 0) is 22.6 Å². The average Bonchev–Trinajstić information content (AvgIpc) is 2.69. The first-order valence-electron chi connectivity index (χ1n) is 9.18. The number of nitrogens with one attached hydrogen (secondary N) is 1. The largest absolute Gasteiger partial charge is 0.481 e. The van der Waals surface area contributed by atoms with Gasteiger partial charge in [-0.3, -0.25) is 9.69 Å². The van der Waals surface area contributed by atoms with Crippen LogP contribution in [0.4, 0.5) is 0 Å². The third kappa shape index (κ3) is 6.24. The van der Waals surface area contributed by atoms with Crippen LogP contribution in [0.5, 0.6) is 5.75 Å². The molecule has 1 amide bonds. The fourth-order valence-electron chi connectivity index (χ4n) is 2.88. The minimum absolute atomic E-state index is 0.151. The topological polar surface area (TPSA) is 50.8 Å². The zero-order chi connectivity index (χ0) is 19.1. The summed E-state index contributed by atoms with van der Waals surface area (Å²) in [5, 5.41) is 3.55. The summed E-state index contributed by atoms with van der Waals surface area (Å²) in [5.41, 5.74) is 2.33. The van der Waals surface area contributed by atoms with E-state index < -0.39 is 6.10 Å². The average molecular weight is 389 g/mol. The highest BCUT2D eigenvalue weighted by Crippen LogP contribution is 2.17. The minimum Gasteiger partial charge on any atom is -0.481 e. The molecule has 2 aromatic carbocycles. The molecule has 6 heteroatoms. The van der Waals surface area contributed by atoms with Crippen molar-refractivity contribution < 1.29 is 14.3 Å². The van der Waals surface area contributed by atoms with Crippen LogP contribution in [0.1, 0.15) is 18.1 Å². The number of halogens is 1. The smallest absolute Gasteiger partial charge is 0.261 e. The Hall–Kier alpha value is -2.08. The lowest BCUT2D eigenvalue weighted by molar-refractivity contribution is -0.127. The lowest BCUT2D eigenvalue weighted by atomic mass is 10.1. The molecule has 0 spiro atoms. The van der Waals surface area contributed by atoms with E-state index in [0.29, 0.717) is 17.3 Å². The molecule has 1 aliphatic heterocycles. The van der Waals surface area contributed by atoms with Crippen molar-refractivity contribution in [2.45, 2.75) is 26.1 Å². The Morgan fingerprint density at radius 2 is 1.74 bits per heavy atom. The molecule has 0 aromatic heterocycles. The Balaban J connectivity index is 1.44. The Labute approximate surface area is 165 Å². The number of rotatable bonds is 7. The lowest BCUT2D eigenvalue weighted by Crippen LogP contribution is -2.36. The third-order valence-electron chi connectivity index (χ3n) is 4.50. The first-order chi connectivity index (χ1) is 13.1. The highest BCUT2D eigenvalue weighted by atomic mass is 35.5. The van der Waals surface area contributed by atoms with Crippen LogP contribution in [0.2, 0.25) is 5.02 Å². The van der Waals surface area contributed by atoms with Crippen molar-refractivity contribution in [3.63, 3.8) is 0 Å². The van der Waals surface area contributed by atoms with Gasteiger partial charge < -0.3 is 14.8 Å². The second-order valence-electron chi connectivity index (χ2n) is 6.64. The number of benzene rings is 2. The maximum Gasteiger partial charge on any atom is 0.261 e. The summed E-state index contributed by atoms with van der Waals surface area (Å²) in [7, 11) is 0. The van der Waals surface area contributed by atoms with Gasteiger partial charge in [-0.1, -0.05) is 35.9 Å². The van der Waals surface area contributed by atoms with Gasteiger partial charge in [-0.25, -0.2) is 0 Å². The van der Waals surface area contributed by atoms with Crippen molar-refractivity contribution in [1.82, 2.24) is 10.2 Å². The van der Waals surface area contributed by atoms with Crippen LogP contribution in [0, 0.1) is 0 Å². The van der Waals surface area contributed by atoms with E-state index in [-0.39, 0.29) is 5.91 Å². The number of nitrogens with zero attached hydrogens (tertiary/aromatic N) is 1. The number of carbonyl (C=O) groups is 1. The van der Waals surface area contributed by atoms with E-state index in [1.54, 1.807) is 31.2 Å². The van der Waals surface area contributed by atoms with Crippen molar-refractivity contribution in [2.24, 2.45) is 0 Å². The Bertz CT molecular complexity index is 728. The first kappa shape index (κ1) is 19.7. The molecule has 1 fully saturated rings. The summed E-state index contributed by atoms with van der Waals surface area (Å²) in [6.07, 6.45) is -0.577. The number of carbonyl (C=O) groups excluding carboxylic acids is 1. The summed E-state index contributed by atoms with van der Waals surface area (Å²) in [6, 6.07) is 15.3. The van der Waals surface area contributed by atoms with E-state index in [0.717, 1.165) is 38.4 Å². The molecule has 2 aromatic rings. The maximum atomic E-state index is 12.2. The molecule has 0 unspecified atom stereocenters. The summed E-state index contributed by atoms with van der Waals surface area (Å²) in [4.78, 5) is 14.6. The number of hydrogen-bond acceptors (Lipinski definition) is 4. The molecule has 144 valence electrons. The maximum absolute atomic E-state index is 12.2. The molecule has 0 radical (unpaired) electrons. The predicted octanol–water partition coefficient (Wildman–Crippen LogP) is 3.26. The number of morpholine rings is 1. The normalized spacial score (nSPS) is 15.9. The second-order valence-corrected chi connectivity index (χ2v) is 7.07. The van der Waals surface area contributed by atoms with Gasteiger partial charge >= 0.3 is 0 Å². The van der Waals surface area contributed by atoms with Crippen molar-refractivity contribution in [2.75, 3.05) is 26.3 Å². The summed E-state index contributed by atoms with van der Waals surface area (Å²) >= 11 is 5.85. The van der Waals surface area contributed by atoms with Gasteiger partial charge in [-0.2, -0.15) is 0 Å². The van der Waals surface area contributed by atoms with Gasteiger partial charge in [0, 0.05) is 31.2 Å². The monoisotopic (exact) mass is 388 g/mol. The molecule has 0 bridgehead atoms. The SMILES string of the molecule is C[C@@H](Oc1ccc(Cl)cc1)C(=O)NCc1ccc(CN2CCOCC2)cc1. The van der Waals surface area contributed by atoms with Crippen LogP contribution in [0.25, 0.3) is 0 Å². The van der Waals surface area contributed by atoms with E-state index >= 15 is 0 Å². The minimum atomic E-state index is -0.577. The molecule has 5 nitrogen and oxygen atoms in total. The molecule has 0 aliphatic carbocycles. The van der Waals surface area contributed by atoms with E-state index in [1.807, 2.05) is 0 Å². The molecular weight excluding hydrogens is 364 g/mol. The van der Waals surface area contributed by atoms with Gasteiger partial charge in [0.05, 0.1) is 13.2 Å². The Morgan fingerprint density at radius 1 is 1.11 bits per heavy atom. The van der Waals surface area contributed by atoms with Crippen LogP contribution in [0.3, 0.4) is 0 Å². The Morgan fingerprint density at radius 3 is 2.41 bits per heavy atom. The molecule has 1 aliphatic rings. The number of ether oxygens (including phenoxy) is 2. The van der Waals surface area contributed by atoms with E-state index in [4.69, 9.17) is 21.1 Å². The first-order valence-corrected chi connectivity index (χ1v) is 9.56. The van der Waals surface area contributed by atoms with Crippen LogP contribution < -0.4 is 10.1 Å². The molecule has 1 atom stereocenters. The van der Waals surface area contributed by atoms with E-state index in [2.05, 4.69) is 34.5 Å². The zero-order valence-corrected chi connectivity index (χ0v) is 16.2. The number of amides is 1. The van der Waals surface area contributed by atoms with E-state index in [9.17, 15) is 4.79 Å². The lowest BCUT2D eigenvalue weighted by Gasteiger charge is -2.26.